The van der Waals surface area contributed by atoms with E-state index in [9.17, 15) is 14.4 Å². The number of rotatable bonds is 15. The number of carboxylic acid groups (broad SMARTS) is 1. The number of carbonyl (C=O) groups excluding carboxylic acids is 2. The van der Waals surface area contributed by atoms with Crippen LogP contribution in [0.3, 0.4) is 0 Å². The molecule has 21 heavy (non-hydrogen) atoms. The van der Waals surface area contributed by atoms with E-state index in [0.29, 0.717) is 25.0 Å². The Kier molecular flexibility index (Phi) is 13.0. The third-order valence-corrected chi connectivity index (χ3v) is 3.58. The number of carbonyl (C=O) groups is 3. The molecule has 0 aliphatic carbocycles. The van der Waals surface area contributed by atoms with Crippen LogP contribution in [0.4, 0.5) is 0 Å². The van der Waals surface area contributed by atoms with Crippen LogP contribution < -0.4 is 0 Å². The standard InChI is InChI=1S/C17H30O4/c1-15(18)11-7-6-9-13-16(19)12-8-4-2-3-5-10-14-17(20)21/h2-14H2,1H3,(H,20,21). The molecule has 0 aliphatic heterocycles. The van der Waals surface area contributed by atoms with E-state index in [2.05, 4.69) is 0 Å². The molecule has 1 N–H and O–H groups in total. The van der Waals surface area contributed by atoms with E-state index in [1.807, 2.05) is 0 Å². The number of hydrogen-bond acceptors (Lipinski definition) is 3. The van der Waals surface area contributed by atoms with E-state index >= 15 is 0 Å². The maximum absolute atomic E-state index is 11.6. The molecule has 0 heterocycles. The van der Waals surface area contributed by atoms with Gasteiger partial charge in [0.2, 0.25) is 0 Å². The third-order valence-electron chi connectivity index (χ3n) is 3.58. The second kappa shape index (κ2) is 13.8. The normalized spacial score (nSPS) is 10.5. The molecule has 0 aliphatic rings. The Morgan fingerprint density at radius 3 is 1.48 bits per heavy atom. The first-order valence-electron chi connectivity index (χ1n) is 8.25. The van der Waals surface area contributed by atoms with E-state index in [-0.39, 0.29) is 12.2 Å². The molecule has 0 spiro atoms. The minimum atomic E-state index is -0.719. The molecular formula is C17H30O4. The van der Waals surface area contributed by atoms with E-state index in [1.54, 1.807) is 6.92 Å². The topological polar surface area (TPSA) is 71.4 Å². The fourth-order valence-electron chi connectivity index (χ4n) is 2.30. The summed E-state index contributed by atoms with van der Waals surface area (Å²) in [5, 5.41) is 8.49. The van der Waals surface area contributed by atoms with Crippen molar-refractivity contribution in [2.45, 2.75) is 90.4 Å². The number of carboxylic acids is 1. The number of unbranched alkanes of at least 4 members (excludes halogenated alkanes) is 7. The van der Waals surface area contributed by atoms with Crippen LogP contribution in [-0.4, -0.2) is 22.6 Å². The van der Waals surface area contributed by atoms with Gasteiger partial charge in [-0.05, 0) is 32.6 Å². The van der Waals surface area contributed by atoms with Crippen molar-refractivity contribution in [1.82, 2.24) is 0 Å². The Morgan fingerprint density at radius 2 is 1.00 bits per heavy atom. The molecule has 0 aromatic heterocycles. The fraction of sp³-hybridized carbons (Fsp3) is 0.824. The summed E-state index contributed by atoms with van der Waals surface area (Å²) in [6, 6.07) is 0. The zero-order valence-corrected chi connectivity index (χ0v) is 13.4. The van der Waals surface area contributed by atoms with Crippen molar-refractivity contribution < 1.29 is 19.5 Å². The van der Waals surface area contributed by atoms with Crippen LogP contribution in [0, 0.1) is 0 Å². The maximum Gasteiger partial charge on any atom is 0.303 e. The molecule has 122 valence electrons. The number of aliphatic carboxylic acids is 1. The smallest absolute Gasteiger partial charge is 0.303 e. The van der Waals surface area contributed by atoms with Crippen LogP contribution in [-0.2, 0) is 14.4 Å². The van der Waals surface area contributed by atoms with Crippen LogP contribution >= 0.6 is 0 Å². The average molecular weight is 298 g/mol. The number of hydrogen-bond donors (Lipinski definition) is 1. The predicted molar refractivity (Wildman–Crippen MR) is 83.3 cm³/mol. The molecule has 0 amide bonds. The van der Waals surface area contributed by atoms with Crippen molar-refractivity contribution in [3.8, 4) is 0 Å². The van der Waals surface area contributed by atoms with Crippen molar-refractivity contribution in [3.05, 3.63) is 0 Å². The summed E-state index contributed by atoms with van der Waals surface area (Å²) >= 11 is 0. The van der Waals surface area contributed by atoms with Gasteiger partial charge in [0, 0.05) is 25.7 Å². The Labute approximate surface area is 128 Å². The first kappa shape index (κ1) is 19.8. The Morgan fingerprint density at radius 1 is 0.619 bits per heavy atom. The summed E-state index contributed by atoms with van der Waals surface area (Å²) in [4.78, 5) is 32.7. The lowest BCUT2D eigenvalue weighted by Gasteiger charge is -2.02. The van der Waals surface area contributed by atoms with Gasteiger partial charge in [-0.3, -0.25) is 9.59 Å². The van der Waals surface area contributed by atoms with Gasteiger partial charge in [-0.15, -0.1) is 0 Å². The lowest BCUT2D eigenvalue weighted by atomic mass is 10.0. The zero-order chi connectivity index (χ0) is 15.9. The fourth-order valence-corrected chi connectivity index (χ4v) is 2.30. The molecule has 0 aromatic rings. The van der Waals surface area contributed by atoms with Gasteiger partial charge in [0.25, 0.3) is 0 Å². The Hall–Kier alpha value is -1.19. The van der Waals surface area contributed by atoms with Crippen molar-refractivity contribution in [2.24, 2.45) is 0 Å². The predicted octanol–water partition coefficient (Wildman–Crippen LogP) is 4.30. The molecule has 0 unspecified atom stereocenters. The Bertz CT molecular complexity index is 310. The molecule has 0 saturated heterocycles. The zero-order valence-electron chi connectivity index (χ0n) is 13.4. The van der Waals surface area contributed by atoms with Crippen molar-refractivity contribution in [1.29, 1.82) is 0 Å². The molecule has 0 fully saturated rings. The molecule has 0 rings (SSSR count). The lowest BCUT2D eigenvalue weighted by molar-refractivity contribution is -0.137. The molecular weight excluding hydrogens is 268 g/mol. The van der Waals surface area contributed by atoms with Crippen molar-refractivity contribution >= 4 is 17.5 Å². The highest BCUT2D eigenvalue weighted by molar-refractivity contribution is 5.78. The van der Waals surface area contributed by atoms with Gasteiger partial charge in [-0.1, -0.05) is 32.1 Å². The SMILES string of the molecule is CC(=O)CCCCCC(=O)CCCCCCCCC(=O)O. The monoisotopic (exact) mass is 298 g/mol. The van der Waals surface area contributed by atoms with Gasteiger partial charge in [-0.25, -0.2) is 0 Å². The summed E-state index contributed by atoms with van der Waals surface area (Å²) in [5.74, 6) is -0.155. The molecule has 0 bridgehead atoms. The first-order chi connectivity index (χ1) is 10.0. The van der Waals surface area contributed by atoms with Gasteiger partial charge in [0.1, 0.15) is 11.6 Å². The van der Waals surface area contributed by atoms with Crippen LogP contribution in [0.2, 0.25) is 0 Å². The van der Waals surface area contributed by atoms with Gasteiger partial charge < -0.3 is 9.90 Å². The van der Waals surface area contributed by atoms with Crippen molar-refractivity contribution in [2.75, 3.05) is 0 Å². The Balaban J connectivity index is 3.23. The van der Waals surface area contributed by atoms with Crippen LogP contribution in [0.25, 0.3) is 0 Å². The van der Waals surface area contributed by atoms with Crippen molar-refractivity contribution in [3.63, 3.8) is 0 Å². The number of ketones is 2. The summed E-state index contributed by atoms with van der Waals surface area (Å²) in [5.41, 5.74) is 0. The quantitative estimate of drug-likeness (QED) is 0.457. The van der Waals surface area contributed by atoms with E-state index in [1.165, 1.54) is 0 Å². The van der Waals surface area contributed by atoms with Gasteiger partial charge in [0.15, 0.2) is 0 Å². The van der Waals surface area contributed by atoms with E-state index in [4.69, 9.17) is 5.11 Å². The summed E-state index contributed by atoms with van der Waals surface area (Å²) < 4.78 is 0. The first-order valence-corrected chi connectivity index (χ1v) is 8.25. The minimum Gasteiger partial charge on any atom is -0.481 e. The molecule has 4 heteroatoms. The summed E-state index contributed by atoms with van der Waals surface area (Å²) in [7, 11) is 0. The van der Waals surface area contributed by atoms with E-state index < -0.39 is 5.97 Å². The van der Waals surface area contributed by atoms with Crippen LogP contribution in [0.1, 0.15) is 90.4 Å². The van der Waals surface area contributed by atoms with Gasteiger partial charge >= 0.3 is 5.97 Å². The largest absolute Gasteiger partial charge is 0.481 e. The highest BCUT2D eigenvalue weighted by atomic mass is 16.4. The highest BCUT2D eigenvalue weighted by Crippen LogP contribution is 2.11. The summed E-state index contributed by atoms with van der Waals surface area (Å²) in [6.45, 7) is 1.60. The summed E-state index contributed by atoms with van der Waals surface area (Å²) in [6.07, 6.45) is 10.9. The average Bonchev–Trinajstić information content (AvgIpc) is 2.40. The molecule has 0 aromatic carbocycles. The molecule has 0 radical (unpaired) electrons. The van der Waals surface area contributed by atoms with Gasteiger partial charge in [-0.2, -0.15) is 0 Å². The highest BCUT2D eigenvalue weighted by Gasteiger charge is 2.02. The second-order valence-electron chi connectivity index (χ2n) is 5.82. The van der Waals surface area contributed by atoms with Crippen LogP contribution in [0.15, 0.2) is 0 Å². The molecule has 0 atom stereocenters. The van der Waals surface area contributed by atoms with E-state index in [0.717, 1.165) is 57.8 Å². The second-order valence-corrected chi connectivity index (χ2v) is 5.82. The number of Topliss-reactive ketones (excluding diaryl/α,β-unsaturated/α-hetero) is 2. The maximum atomic E-state index is 11.6. The van der Waals surface area contributed by atoms with Crippen LogP contribution in [0.5, 0.6) is 0 Å². The lowest BCUT2D eigenvalue weighted by Crippen LogP contribution is -1.98. The minimum absolute atomic E-state index is 0.227. The third kappa shape index (κ3) is 16.8. The van der Waals surface area contributed by atoms with Gasteiger partial charge in [0.05, 0.1) is 0 Å². The molecule has 0 saturated carbocycles. The molecule has 4 nitrogen and oxygen atoms in total.